The van der Waals surface area contributed by atoms with Crippen molar-refractivity contribution in [1.82, 2.24) is 9.80 Å². The van der Waals surface area contributed by atoms with Gasteiger partial charge in [0, 0.05) is 50.7 Å². The van der Waals surface area contributed by atoms with Crippen LogP contribution in [0.25, 0.3) is 0 Å². The topological polar surface area (TPSA) is 6.48 Å². The van der Waals surface area contributed by atoms with Crippen molar-refractivity contribution < 1.29 is 8.78 Å². The number of piperazine rings is 1. The SMILES string of the molecule is Fc1cccc(F)c1CN1CCN(CCCl)CC1. The monoisotopic (exact) mass is 274 g/mol. The lowest BCUT2D eigenvalue weighted by Crippen LogP contribution is -2.46. The van der Waals surface area contributed by atoms with E-state index in [0.29, 0.717) is 12.4 Å². The van der Waals surface area contributed by atoms with E-state index in [2.05, 4.69) is 9.80 Å². The molecule has 0 unspecified atom stereocenters. The maximum atomic E-state index is 13.5. The van der Waals surface area contributed by atoms with Crippen molar-refractivity contribution in [3.63, 3.8) is 0 Å². The molecule has 0 aliphatic carbocycles. The summed E-state index contributed by atoms with van der Waals surface area (Å²) in [5.74, 6) is -0.293. The van der Waals surface area contributed by atoms with Gasteiger partial charge in [0.1, 0.15) is 11.6 Å². The van der Waals surface area contributed by atoms with Gasteiger partial charge in [-0.3, -0.25) is 9.80 Å². The van der Waals surface area contributed by atoms with Crippen molar-refractivity contribution in [3.05, 3.63) is 35.4 Å². The third-order valence-electron chi connectivity index (χ3n) is 3.31. The van der Waals surface area contributed by atoms with E-state index in [0.717, 1.165) is 32.7 Å². The predicted molar refractivity (Wildman–Crippen MR) is 68.8 cm³/mol. The van der Waals surface area contributed by atoms with Crippen LogP contribution in [0.4, 0.5) is 8.78 Å². The van der Waals surface area contributed by atoms with Gasteiger partial charge in [-0.1, -0.05) is 6.07 Å². The molecule has 18 heavy (non-hydrogen) atoms. The molecule has 1 aromatic carbocycles. The van der Waals surface area contributed by atoms with Crippen molar-refractivity contribution in [2.24, 2.45) is 0 Å². The van der Waals surface area contributed by atoms with Crippen molar-refractivity contribution in [2.45, 2.75) is 6.54 Å². The van der Waals surface area contributed by atoms with Crippen LogP contribution in [-0.2, 0) is 6.54 Å². The summed E-state index contributed by atoms with van der Waals surface area (Å²) in [6, 6.07) is 4.01. The minimum Gasteiger partial charge on any atom is -0.300 e. The first-order valence-electron chi connectivity index (χ1n) is 6.14. The molecule has 100 valence electrons. The van der Waals surface area contributed by atoms with Crippen LogP contribution in [0.15, 0.2) is 18.2 Å². The average molecular weight is 275 g/mol. The molecular weight excluding hydrogens is 258 g/mol. The third-order valence-corrected chi connectivity index (χ3v) is 3.48. The fourth-order valence-electron chi connectivity index (χ4n) is 2.20. The average Bonchev–Trinajstić information content (AvgIpc) is 2.36. The number of hydrogen-bond donors (Lipinski definition) is 0. The van der Waals surface area contributed by atoms with Gasteiger partial charge in [-0.25, -0.2) is 8.78 Å². The molecule has 0 spiro atoms. The number of alkyl halides is 1. The van der Waals surface area contributed by atoms with E-state index < -0.39 is 11.6 Å². The minimum atomic E-state index is -0.460. The van der Waals surface area contributed by atoms with Crippen LogP contribution in [0.5, 0.6) is 0 Å². The van der Waals surface area contributed by atoms with Gasteiger partial charge in [0.05, 0.1) is 0 Å². The zero-order valence-electron chi connectivity index (χ0n) is 10.2. The Labute approximate surface area is 111 Å². The molecule has 2 nitrogen and oxygen atoms in total. The minimum absolute atomic E-state index is 0.170. The number of benzene rings is 1. The molecular formula is C13H17ClF2N2. The molecule has 0 atom stereocenters. The van der Waals surface area contributed by atoms with Gasteiger partial charge in [0.15, 0.2) is 0 Å². The molecule has 1 aromatic rings. The Morgan fingerprint density at radius 3 is 2.11 bits per heavy atom. The van der Waals surface area contributed by atoms with Crippen LogP contribution < -0.4 is 0 Å². The van der Waals surface area contributed by atoms with Crippen molar-refractivity contribution in [1.29, 1.82) is 0 Å². The van der Waals surface area contributed by atoms with Crippen LogP contribution in [-0.4, -0.2) is 48.4 Å². The highest BCUT2D eigenvalue weighted by Gasteiger charge is 2.19. The summed E-state index contributed by atoms with van der Waals surface area (Å²) in [4.78, 5) is 4.34. The van der Waals surface area contributed by atoms with Crippen molar-refractivity contribution >= 4 is 11.6 Å². The maximum Gasteiger partial charge on any atom is 0.130 e. The number of rotatable bonds is 4. The van der Waals surface area contributed by atoms with E-state index in [1.807, 2.05) is 0 Å². The molecule has 1 saturated heterocycles. The molecule has 0 N–H and O–H groups in total. The van der Waals surface area contributed by atoms with Gasteiger partial charge in [0.25, 0.3) is 0 Å². The van der Waals surface area contributed by atoms with E-state index >= 15 is 0 Å². The molecule has 1 heterocycles. The van der Waals surface area contributed by atoms with Gasteiger partial charge in [0.2, 0.25) is 0 Å². The molecule has 2 rings (SSSR count). The lowest BCUT2D eigenvalue weighted by Gasteiger charge is -2.34. The molecule has 1 aliphatic heterocycles. The second-order valence-corrected chi connectivity index (χ2v) is 4.88. The quantitative estimate of drug-likeness (QED) is 0.778. The summed E-state index contributed by atoms with van der Waals surface area (Å²) < 4.78 is 27.0. The second kappa shape index (κ2) is 6.45. The number of nitrogens with zero attached hydrogens (tertiary/aromatic N) is 2. The Balaban J connectivity index is 1.92. The summed E-state index contributed by atoms with van der Waals surface area (Å²) in [5, 5.41) is 0. The fraction of sp³-hybridized carbons (Fsp3) is 0.538. The van der Waals surface area contributed by atoms with Gasteiger partial charge >= 0.3 is 0 Å². The fourth-order valence-corrected chi connectivity index (χ4v) is 2.44. The summed E-state index contributed by atoms with van der Waals surface area (Å²) in [6.45, 7) is 4.68. The molecule has 0 aromatic heterocycles. The Morgan fingerprint density at radius 2 is 1.56 bits per heavy atom. The van der Waals surface area contributed by atoms with E-state index in [1.54, 1.807) is 0 Å². The first kappa shape index (κ1) is 13.7. The summed E-state index contributed by atoms with van der Waals surface area (Å²) in [7, 11) is 0. The van der Waals surface area contributed by atoms with Crippen molar-refractivity contribution in [2.75, 3.05) is 38.6 Å². The molecule has 0 saturated carbocycles. The zero-order chi connectivity index (χ0) is 13.0. The lowest BCUT2D eigenvalue weighted by molar-refractivity contribution is 0.130. The van der Waals surface area contributed by atoms with E-state index in [9.17, 15) is 8.78 Å². The Hall–Kier alpha value is -0.710. The highest BCUT2D eigenvalue weighted by Crippen LogP contribution is 2.15. The van der Waals surface area contributed by atoms with Gasteiger partial charge < -0.3 is 0 Å². The molecule has 0 radical (unpaired) electrons. The highest BCUT2D eigenvalue weighted by atomic mass is 35.5. The molecule has 0 bridgehead atoms. The first-order chi connectivity index (χ1) is 8.70. The summed E-state index contributed by atoms with van der Waals surface area (Å²) >= 11 is 5.69. The summed E-state index contributed by atoms with van der Waals surface area (Å²) in [5.41, 5.74) is 0.170. The van der Waals surface area contributed by atoms with Crippen molar-refractivity contribution in [3.8, 4) is 0 Å². The van der Waals surface area contributed by atoms with E-state index in [1.165, 1.54) is 18.2 Å². The maximum absolute atomic E-state index is 13.5. The molecule has 1 aliphatic rings. The Kier molecular flexibility index (Phi) is 4.92. The summed E-state index contributed by atoms with van der Waals surface area (Å²) in [6.07, 6.45) is 0. The van der Waals surface area contributed by atoms with Crippen LogP contribution in [0, 0.1) is 11.6 Å². The Bertz CT molecular complexity index is 372. The second-order valence-electron chi connectivity index (χ2n) is 4.51. The van der Waals surface area contributed by atoms with Crippen LogP contribution in [0.3, 0.4) is 0 Å². The smallest absolute Gasteiger partial charge is 0.130 e. The normalized spacial score (nSPS) is 18.2. The molecule has 1 fully saturated rings. The largest absolute Gasteiger partial charge is 0.300 e. The molecule has 5 heteroatoms. The Morgan fingerprint density at radius 1 is 1.00 bits per heavy atom. The van der Waals surface area contributed by atoms with E-state index in [4.69, 9.17) is 11.6 Å². The zero-order valence-corrected chi connectivity index (χ0v) is 11.0. The first-order valence-corrected chi connectivity index (χ1v) is 6.67. The number of hydrogen-bond acceptors (Lipinski definition) is 2. The van der Waals surface area contributed by atoms with E-state index in [-0.39, 0.29) is 5.56 Å². The standard InChI is InChI=1S/C13H17ClF2N2/c14-4-5-17-6-8-18(9-7-17)10-11-12(15)2-1-3-13(11)16/h1-3H,4-10H2. The van der Waals surface area contributed by atoms with Crippen LogP contribution in [0.2, 0.25) is 0 Å². The van der Waals surface area contributed by atoms with Crippen LogP contribution in [0.1, 0.15) is 5.56 Å². The van der Waals surface area contributed by atoms with Gasteiger partial charge in [-0.2, -0.15) is 0 Å². The van der Waals surface area contributed by atoms with Gasteiger partial charge in [-0.15, -0.1) is 11.6 Å². The third kappa shape index (κ3) is 3.40. The number of halogens is 3. The van der Waals surface area contributed by atoms with Crippen LogP contribution >= 0.6 is 11.6 Å². The van der Waals surface area contributed by atoms with Gasteiger partial charge in [-0.05, 0) is 12.1 Å². The predicted octanol–water partition coefficient (Wildman–Crippen LogP) is 2.32. The highest BCUT2D eigenvalue weighted by molar-refractivity contribution is 6.18. The molecule has 0 amide bonds. The lowest BCUT2D eigenvalue weighted by atomic mass is 10.1.